The summed E-state index contributed by atoms with van der Waals surface area (Å²) in [7, 11) is 1.30. The average molecular weight is 410 g/mol. The topological polar surface area (TPSA) is 56.1 Å². The molecule has 0 unspecified atom stereocenters. The van der Waals surface area contributed by atoms with Crippen LogP contribution in [0.2, 0.25) is 5.02 Å². The number of hydrogen-bond donors (Lipinski definition) is 1. The Morgan fingerprint density at radius 3 is 2.61 bits per heavy atom. The molecule has 0 saturated heterocycles. The number of carbonyl (C=O) groups excluding carboxylic acids is 1. The average Bonchev–Trinajstić information content (AvgIpc) is 2.98. The van der Waals surface area contributed by atoms with Crippen LogP contribution in [0.5, 0.6) is 5.75 Å². The first kappa shape index (κ1) is 19.8. The first-order valence-electron chi connectivity index (χ1n) is 8.10. The molecule has 0 saturated carbocycles. The van der Waals surface area contributed by atoms with E-state index in [0.717, 1.165) is 22.0 Å². The second-order valence-corrected chi connectivity index (χ2v) is 6.44. The Labute approximate surface area is 163 Å². The van der Waals surface area contributed by atoms with Gasteiger partial charge in [-0.1, -0.05) is 35.9 Å². The van der Waals surface area contributed by atoms with Crippen molar-refractivity contribution < 1.29 is 22.7 Å². The first-order valence-corrected chi connectivity index (χ1v) is 8.48. The maximum atomic E-state index is 13.0. The highest BCUT2D eigenvalue weighted by molar-refractivity contribution is 6.31. The van der Waals surface area contributed by atoms with Crippen molar-refractivity contribution in [3.05, 3.63) is 64.9 Å². The summed E-state index contributed by atoms with van der Waals surface area (Å²) >= 11 is 6.05. The minimum Gasteiger partial charge on any atom is -0.406 e. The molecule has 3 aromatic rings. The number of nitrogens with zero attached hydrogens (tertiary/aromatic N) is 2. The molecule has 146 valence electrons. The van der Waals surface area contributed by atoms with Crippen molar-refractivity contribution in [1.82, 2.24) is 9.78 Å². The van der Waals surface area contributed by atoms with E-state index in [1.165, 1.54) is 7.05 Å². The van der Waals surface area contributed by atoms with Crippen LogP contribution in [-0.2, 0) is 13.2 Å². The maximum Gasteiger partial charge on any atom is 0.438 e. The Hall–Kier alpha value is -3.00. The Kier molecular flexibility index (Phi) is 5.33. The fraction of sp³-hybridized carbons (Fsp3) is 0.158. The van der Waals surface area contributed by atoms with Crippen molar-refractivity contribution in [2.75, 3.05) is 5.32 Å². The summed E-state index contributed by atoms with van der Waals surface area (Å²) in [5.74, 6) is -0.674. The van der Waals surface area contributed by atoms with Gasteiger partial charge in [0.05, 0.1) is 11.9 Å². The van der Waals surface area contributed by atoms with Crippen LogP contribution in [0.15, 0.2) is 48.7 Å². The highest BCUT2D eigenvalue weighted by atomic mass is 35.5. The third-order valence-corrected chi connectivity index (χ3v) is 4.32. The van der Waals surface area contributed by atoms with Crippen LogP contribution in [0.1, 0.15) is 11.3 Å². The van der Waals surface area contributed by atoms with Crippen molar-refractivity contribution in [3.8, 4) is 16.9 Å². The molecule has 0 atom stereocenters. The molecule has 0 aliphatic carbocycles. The van der Waals surface area contributed by atoms with Crippen molar-refractivity contribution in [2.24, 2.45) is 7.05 Å². The second kappa shape index (κ2) is 7.55. The zero-order chi connectivity index (χ0) is 20.5. The molecule has 9 heteroatoms. The number of alkyl halides is 3. The summed E-state index contributed by atoms with van der Waals surface area (Å²) in [6.45, 7) is 1.84. The summed E-state index contributed by atoms with van der Waals surface area (Å²) in [6.07, 6.45) is -4.82. The van der Waals surface area contributed by atoms with E-state index >= 15 is 0 Å². The molecule has 1 amide bonds. The first-order chi connectivity index (χ1) is 13.1. The number of hydrogen-bond acceptors (Lipinski definition) is 3. The number of carbonyl (C=O) groups is 1. The van der Waals surface area contributed by atoms with Gasteiger partial charge < -0.3 is 4.74 Å². The fourth-order valence-corrected chi connectivity index (χ4v) is 2.75. The molecule has 3 rings (SSSR count). The van der Waals surface area contributed by atoms with E-state index in [1.54, 1.807) is 36.4 Å². The third kappa shape index (κ3) is 4.28. The molecular formula is C19H15ClF3N3O2. The van der Waals surface area contributed by atoms with Crippen molar-refractivity contribution in [1.29, 1.82) is 0 Å². The van der Waals surface area contributed by atoms with Gasteiger partial charge in [0.1, 0.15) is 0 Å². The standard InChI is InChI=1S/C19H15ClF3N3O2/c1-11-9-12(7-8-14(11)20)13-5-3-4-6-15(13)24-18(27)28-16-10-26(2)25-17(16)19(21,22)23/h3-10H,1-2H3,(H,24,27). The number of rotatable bonds is 3. The van der Waals surface area contributed by atoms with E-state index in [1.807, 2.05) is 13.0 Å². The molecule has 0 radical (unpaired) electrons. The van der Waals surface area contributed by atoms with Crippen LogP contribution in [0, 0.1) is 6.92 Å². The Morgan fingerprint density at radius 1 is 1.21 bits per heavy atom. The lowest BCUT2D eigenvalue weighted by Crippen LogP contribution is -2.19. The number of nitrogens with one attached hydrogen (secondary N) is 1. The minimum atomic E-state index is -4.74. The number of halogens is 4. The largest absolute Gasteiger partial charge is 0.438 e. The number of aryl methyl sites for hydroxylation is 2. The van der Waals surface area contributed by atoms with Gasteiger partial charge >= 0.3 is 12.3 Å². The number of anilines is 1. The van der Waals surface area contributed by atoms with Crippen molar-refractivity contribution in [2.45, 2.75) is 13.1 Å². The lowest BCUT2D eigenvalue weighted by Gasteiger charge is -2.12. The number of ether oxygens (including phenoxy) is 1. The van der Waals surface area contributed by atoms with Crippen molar-refractivity contribution in [3.63, 3.8) is 0 Å². The number of amides is 1. The lowest BCUT2D eigenvalue weighted by atomic mass is 10.0. The summed E-state index contributed by atoms with van der Waals surface area (Å²) in [6, 6.07) is 12.2. The summed E-state index contributed by atoms with van der Waals surface area (Å²) in [4.78, 5) is 12.2. The SMILES string of the molecule is Cc1cc(-c2ccccc2NC(=O)Oc2cn(C)nc2C(F)(F)F)ccc1Cl. The van der Waals surface area contributed by atoms with Gasteiger partial charge in [-0.05, 0) is 36.2 Å². The van der Waals surface area contributed by atoms with E-state index in [4.69, 9.17) is 16.3 Å². The van der Waals surface area contributed by atoms with Gasteiger partial charge in [-0.25, -0.2) is 4.79 Å². The van der Waals surface area contributed by atoms with Crippen LogP contribution in [0.4, 0.5) is 23.7 Å². The van der Waals surface area contributed by atoms with Crippen LogP contribution in [0.25, 0.3) is 11.1 Å². The van der Waals surface area contributed by atoms with Gasteiger partial charge in [-0.3, -0.25) is 10.00 Å². The molecule has 1 heterocycles. The molecule has 1 N–H and O–H groups in total. The zero-order valence-corrected chi connectivity index (χ0v) is 15.6. The molecule has 0 bridgehead atoms. The number of benzene rings is 2. The molecule has 5 nitrogen and oxygen atoms in total. The molecule has 1 aromatic heterocycles. The van der Waals surface area contributed by atoms with Crippen LogP contribution >= 0.6 is 11.6 Å². The van der Waals surface area contributed by atoms with Gasteiger partial charge in [-0.15, -0.1) is 0 Å². The molecule has 0 fully saturated rings. The number of para-hydroxylation sites is 1. The normalized spacial score (nSPS) is 11.4. The summed E-state index contributed by atoms with van der Waals surface area (Å²) in [5, 5.41) is 6.38. The van der Waals surface area contributed by atoms with E-state index < -0.39 is 23.7 Å². The smallest absolute Gasteiger partial charge is 0.406 e. The van der Waals surface area contributed by atoms with Gasteiger partial charge in [0.2, 0.25) is 5.69 Å². The van der Waals surface area contributed by atoms with Crippen LogP contribution < -0.4 is 10.1 Å². The van der Waals surface area contributed by atoms with Gasteiger partial charge in [0.15, 0.2) is 5.75 Å². The highest BCUT2D eigenvalue weighted by Crippen LogP contribution is 2.35. The summed E-state index contributed by atoms with van der Waals surface area (Å²) < 4.78 is 44.8. The van der Waals surface area contributed by atoms with Crippen LogP contribution in [-0.4, -0.2) is 15.9 Å². The van der Waals surface area contributed by atoms with E-state index in [-0.39, 0.29) is 0 Å². The Bertz CT molecular complexity index is 1030. The van der Waals surface area contributed by atoms with Crippen LogP contribution in [0.3, 0.4) is 0 Å². The second-order valence-electron chi connectivity index (χ2n) is 6.04. The zero-order valence-electron chi connectivity index (χ0n) is 14.8. The molecule has 0 aliphatic heterocycles. The van der Waals surface area contributed by atoms with E-state index in [9.17, 15) is 18.0 Å². The molecule has 0 spiro atoms. The highest BCUT2D eigenvalue weighted by Gasteiger charge is 2.38. The maximum absolute atomic E-state index is 13.0. The quantitative estimate of drug-likeness (QED) is 0.605. The Balaban J connectivity index is 1.85. The van der Waals surface area contributed by atoms with Gasteiger partial charge in [0.25, 0.3) is 0 Å². The molecular weight excluding hydrogens is 395 g/mol. The molecule has 2 aromatic carbocycles. The monoisotopic (exact) mass is 409 g/mol. The minimum absolute atomic E-state index is 0.381. The fourth-order valence-electron chi connectivity index (χ4n) is 2.63. The van der Waals surface area contributed by atoms with E-state index in [2.05, 4.69) is 10.4 Å². The molecule has 28 heavy (non-hydrogen) atoms. The van der Waals surface area contributed by atoms with Gasteiger partial charge in [0, 0.05) is 17.6 Å². The van der Waals surface area contributed by atoms with Crippen molar-refractivity contribution >= 4 is 23.4 Å². The van der Waals surface area contributed by atoms with Gasteiger partial charge in [-0.2, -0.15) is 18.3 Å². The van der Waals surface area contributed by atoms with E-state index in [0.29, 0.717) is 16.3 Å². The number of aromatic nitrogens is 2. The summed E-state index contributed by atoms with van der Waals surface area (Å²) in [5.41, 5.74) is 1.41. The predicted molar refractivity (Wildman–Crippen MR) is 99.5 cm³/mol. The lowest BCUT2D eigenvalue weighted by molar-refractivity contribution is -0.142. The Morgan fingerprint density at radius 2 is 1.93 bits per heavy atom. The third-order valence-electron chi connectivity index (χ3n) is 3.90. The molecule has 0 aliphatic rings. The predicted octanol–water partition coefficient (Wildman–Crippen LogP) is 5.68.